The lowest BCUT2D eigenvalue weighted by Gasteiger charge is -2.35. The minimum Gasteiger partial charge on any atom is -0.306 e. The maximum absolute atomic E-state index is 9.47. The smallest absolute Gasteiger partial charge is 0.101 e. The van der Waals surface area contributed by atoms with Crippen molar-refractivity contribution in [2.75, 3.05) is 26.7 Å². The van der Waals surface area contributed by atoms with E-state index < -0.39 is 0 Å². The highest BCUT2D eigenvalue weighted by atomic mass is 15.1. The third-order valence-corrected chi connectivity index (χ3v) is 3.20. The second-order valence-electron chi connectivity index (χ2n) is 4.36. The minimum absolute atomic E-state index is 0.352. The zero-order valence-electron chi connectivity index (χ0n) is 10.5. The number of nitriles is 1. The van der Waals surface area contributed by atoms with E-state index in [1.54, 1.807) is 0 Å². The molecule has 0 spiro atoms. The van der Waals surface area contributed by atoms with Crippen molar-refractivity contribution in [3.63, 3.8) is 0 Å². The van der Waals surface area contributed by atoms with Crippen molar-refractivity contribution in [1.29, 1.82) is 5.26 Å². The maximum Gasteiger partial charge on any atom is 0.101 e. The molecule has 0 radical (unpaired) electrons. The van der Waals surface area contributed by atoms with Crippen molar-refractivity contribution in [2.24, 2.45) is 10.4 Å². The molecule has 0 atom stereocenters. The van der Waals surface area contributed by atoms with Crippen LogP contribution in [0.4, 0.5) is 0 Å². The number of hydrogen-bond donors (Lipinski definition) is 0. The van der Waals surface area contributed by atoms with Crippen LogP contribution < -0.4 is 0 Å². The molecule has 0 bridgehead atoms. The van der Waals surface area contributed by atoms with E-state index in [2.05, 4.69) is 23.0 Å². The molecule has 3 heteroatoms. The summed E-state index contributed by atoms with van der Waals surface area (Å²) in [5, 5.41) is 9.47. The van der Waals surface area contributed by atoms with Crippen molar-refractivity contribution in [3.8, 4) is 6.07 Å². The number of piperidine rings is 1. The van der Waals surface area contributed by atoms with Gasteiger partial charge >= 0.3 is 0 Å². The quantitative estimate of drug-likeness (QED) is 0.683. The number of aliphatic imine (C=N–C) groups is 1. The summed E-state index contributed by atoms with van der Waals surface area (Å²) in [5.74, 6) is 0. The van der Waals surface area contributed by atoms with Crippen LogP contribution in [-0.2, 0) is 0 Å². The van der Waals surface area contributed by atoms with E-state index in [0.29, 0.717) is 0 Å². The molecule has 1 rings (SSSR count). The van der Waals surface area contributed by atoms with Gasteiger partial charge in [-0.15, -0.1) is 0 Å². The largest absolute Gasteiger partial charge is 0.306 e. The Morgan fingerprint density at radius 2 is 2.12 bits per heavy atom. The summed E-state index contributed by atoms with van der Waals surface area (Å²) < 4.78 is 0. The molecule has 1 heterocycles. The van der Waals surface area contributed by atoms with Crippen LogP contribution in [0.2, 0.25) is 0 Å². The van der Waals surface area contributed by atoms with Crippen LogP contribution >= 0.6 is 0 Å². The number of hydrogen-bond acceptors (Lipinski definition) is 3. The van der Waals surface area contributed by atoms with Crippen molar-refractivity contribution in [3.05, 3.63) is 12.2 Å². The van der Waals surface area contributed by atoms with Crippen LogP contribution in [0.1, 0.15) is 26.7 Å². The Labute approximate surface area is 98.5 Å². The molecule has 0 unspecified atom stereocenters. The lowest BCUT2D eigenvalue weighted by Crippen LogP contribution is -2.41. The Kier molecular flexibility index (Phi) is 4.70. The zero-order chi connectivity index (χ0) is 12.0. The maximum atomic E-state index is 9.47. The minimum atomic E-state index is -0.352. The van der Waals surface area contributed by atoms with Gasteiger partial charge in [-0.1, -0.05) is 6.08 Å². The molecule has 0 aromatic carbocycles. The highest BCUT2D eigenvalue weighted by Gasteiger charge is 2.37. The molecule has 1 aliphatic heterocycles. The van der Waals surface area contributed by atoms with Gasteiger partial charge in [-0.3, -0.25) is 4.99 Å². The van der Waals surface area contributed by atoms with Crippen LogP contribution in [0.25, 0.3) is 0 Å². The SMILES string of the molecule is CC=CC(=NCC)C1(C#N)CCN(C)CC1. The molecule has 0 aliphatic carbocycles. The molecule has 0 aromatic rings. The van der Waals surface area contributed by atoms with E-state index >= 15 is 0 Å². The first-order valence-corrected chi connectivity index (χ1v) is 5.96. The van der Waals surface area contributed by atoms with Crippen molar-refractivity contribution in [1.82, 2.24) is 4.90 Å². The third-order valence-electron chi connectivity index (χ3n) is 3.20. The highest BCUT2D eigenvalue weighted by molar-refractivity contribution is 6.01. The summed E-state index contributed by atoms with van der Waals surface area (Å²) >= 11 is 0. The van der Waals surface area contributed by atoms with Crippen LogP contribution in [0.15, 0.2) is 17.1 Å². The number of likely N-dealkylation sites (tertiary alicyclic amines) is 1. The summed E-state index contributed by atoms with van der Waals surface area (Å²) in [4.78, 5) is 6.77. The van der Waals surface area contributed by atoms with Gasteiger partial charge in [-0.05, 0) is 52.9 Å². The van der Waals surface area contributed by atoms with E-state index in [4.69, 9.17) is 0 Å². The molecule has 16 heavy (non-hydrogen) atoms. The van der Waals surface area contributed by atoms with Crippen LogP contribution in [0, 0.1) is 16.7 Å². The van der Waals surface area contributed by atoms with Crippen molar-refractivity contribution in [2.45, 2.75) is 26.7 Å². The Bertz CT molecular complexity index is 315. The molecular weight excluding hydrogens is 198 g/mol. The van der Waals surface area contributed by atoms with Gasteiger partial charge < -0.3 is 4.90 Å². The van der Waals surface area contributed by atoms with E-state index in [9.17, 15) is 5.26 Å². The fraction of sp³-hybridized carbons (Fsp3) is 0.692. The summed E-state index contributed by atoms with van der Waals surface area (Å²) in [5.41, 5.74) is 0.614. The van der Waals surface area contributed by atoms with E-state index in [1.807, 2.05) is 26.0 Å². The second kappa shape index (κ2) is 5.81. The molecule has 88 valence electrons. The summed E-state index contributed by atoms with van der Waals surface area (Å²) in [6.07, 6.45) is 5.76. The van der Waals surface area contributed by atoms with Gasteiger partial charge in [0.2, 0.25) is 0 Å². The van der Waals surface area contributed by atoms with E-state index in [1.165, 1.54) is 0 Å². The summed E-state index contributed by atoms with van der Waals surface area (Å²) in [6, 6.07) is 2.50. The monoisotopic (exact) mass is 219 g/mol. The predicted octanol–water partition coefficient (Wildman–Crippen LogP) is 2.26. The van der Waals surface area contributed by atoms with Gasteiger partial charge in [-0.25, -0.2) is 0 Å². The Balaban J connectivity index is 2.95. The molecule has 3 nitrogen and oxygen atoms in total. The lowest BCUT2D eigenvalue weighted by atomic mass is 9.75. The molecule has 0 saturated carbocycles. The summed E-state index contributed by atoms with van der Waals surface area (Å²) in [7, 11) is 2.10. The second-order valence-corrected chi connectivity index (χ2v) is 4.36. The number of allylic oxidation sites excluding steroid dienone is 2. The van der Waals surface area contributed by atoms with Crippen molar-refractivity contribution < 1.29 is 0 Å². The van der Waals surface area contributed by atoms with Gasteiger partial charge in [0, 0.05) is 6.54 Å². The number of rotatable bonds is 3. The van der Waals surface area contributed by atoms with E-state index in [0.717, 1.165) is 38.2 Å². The fourth-order valence-electron chi connectivity index (χ4n) is 2.12. The topological polar surface area (TPSA) is 39.4 Å². The van der Waals surface area contributed by atoms with Crippen molar-refractivity contribution >= 4 is 5.71 Å². The van der Waals surface area contributed by atoms with Crippen LogP contribution in [0.5, 0.6) is 0 Å². The van der Waals surface area contributed by atoms with Crippen LogP contribution in [0.3, 0.4) is 0 Å². The van der Waals surface area contributed by atoms with Gasteiger partial charge in [0.05, 0.1) is 11.8 Å². The van der Waals surface area contributed by atoms with Crippen LogP contribution in [-0.4, -0.2) is 37.3 Å². The average molecular weight is 219 g/mol. The normalized spacial score (nSPS) is 22.2. The average Bonchev–Trinajstić information content (AvgIpc) is 2.31. The molecule has 1 fully saturated rings. The fourth-order valence-corrected chi connectivity index (χ4v) is 2.12. The predicted molar refractivity (Wildman–Crippen MR) is 67.6 cm³/mol. The first-order valence-electron chi connectivity index (χ1n) is 5.96. The summed E-state index contributed by atoms with van der Waals surface area (Å²) in [6.45, 7) is 6.70. The molecule has 1 aliphatic rings. The standard InChI is InChI=1S/C13H21N3/c1-4-6-12(15-5-2)13(11-14)7-9-16(3)10-8-13/h4,6H,5,7-10H2,1-3H3. The van der Waals surface area contributed by atoms with Gasteiger partial charge in [0.15, 0.2) is 0 Å². The molecule has 0 aromatic heterocycles. The first-order chi connectivity index (χ1) is 7.68. The van der Waals surface area contributed by atoms with Gasteiger partial charge in [0.1, 0.15) is 5.41 Å². The Morgan fingerprint density at radius 1 is 1.50 bits per heavy atom. The third kappa shape index (κ3) is 2.70. The highest BCUT2D eigenvalue weighted by Crippen LogP contribution is 2.32. The van der Waals surface area contributed by atoms with E-state index in [-0.39, 0.29) is 5.41 Å². The first kappa shape index (κ1) is 12.9. The molecular formula is C13H21N3. The van der Waals surface area contributed by atoms with Gasteiger partial charge in [-0.2, -0.15) is 5.26 Å². The lowest BCUT2D eigenvalue weighted by molar-refractivity contribution is 0.218. The Morgan fingerprint density at radius 3 is 2.56 bits per heavy atom. The molecule has 1 saturated heterocycles. The van der Waals surface area contributed by atoms with Gasteiger partial charge in [0.25, 0.3) is 0 Å². The Hall–Kier alpha value is -1.14. The zero-order valence-corrected chi connectivity index (χ0v) is 10.5. The number of nitrogens with zero attached hydrogens (tertiary/aromatic N) is 3. The molecule has 0 N–H and O–H groups in total. The molecule has 0 amide bonds.